The van der Waals surface area contributed by atoms with Gasteiger partial charge in [0.15, 0.2) is 0 Å². The molecule has 0 unspecified atom stereocenters. The van der Waals surface area contributed by atoms with Gasteiger partial charge in [0.2, 0.25) is 0 Å². The van der Waals surface area contributed by atoms with Gasteiger partial charge in [0.05, 0.1) is 6.61 Å². The summed E-state index contributed by atoms with van der Waals surface area (Å²) in [7, 11) is -2.44. The Hall–Kier alpha value is -1.64. The summed E-state index contributed by atoms with van der Waals surface area (Å²) in [5.41, 5.74) is 0. The lowest BCUT2D eigenvalue weighted by molar-refractivity contribution is 0.325. The van der Waals surface area contributed by atoms with Crippen LogP contribution < -0.4 is 10.4 Å². The van der Waals surface area contributed by atoms with Gasteiger partial charge in [0.1, 0.15) is 0 Å². The SMILES string of the molecule is CC(C)C[C@H](C)C[C@H](C)C[C@H](C)/C=C/CO[Si](c1ccccc1)(c1ccccc1)C(C)(C)C. The van der Waals surface area contributed by atoms with Gasteiger partial charge in [-0.25, -0.2) is 0 Å². The van der Waals surface area contributed by atoms with Crippen molar-refractivity contribution in [1.29, 1.82) is 0 Å². The van der Waals surface area contributed by atoms with E-state index in [0.29, 0.717) is 12.5 Å². The second-order valence-electron chi connectivity index (χ2n) is 11.7. The molecule has 0 saturated carbocycles. The van der Waals surface area contributed by atoms with Crippen molar-refractivity contribution >= 4 is 18.7 Å². The molecule has 0 radical (unpaired) electrons. The van der Waals surface area contributed by atoms with Gasteiger partial charge in [-0.1, -0.05) is 128 Å². The Morgan fingerprint density at radius 3 is 1.67 bits per heavy atom. The van der Waals surface area contributed by atoms with Crippen molar-refractivity contribution in [1.82, 2.24) is 0 Å². The normalized spacial score (nSPS) is 15.7. The minimum absolute atomic E-state index is 0.0240. The molecule has 2 heteroatoms. The predicted octanol–water partition coefficient (Wildman–Crippen LogP) is 7.85. The third kappa shape index (κ3) is 7.97. The second-order valence-corrected chi connectivity index (χ2v) is 16.0. The molecule has 0 aliphatic rings. The molecule has 2 aromatic carbocycles. The fourth-order valence-corrected chi connectivity index (χ4v) is 10.1. The maximum Gasteiger partial charge on any atom is 0.261 e. The molecule has 0 bridgehead atoms. The van der Waals surface area contributed by atoms with Crippen molar-refractivity contribution in [3.63, 3.8) is 0 Å². The molecule has 0 fully saturated rings. The molecular formula is C31H48OSi. The molecular weight excluding hydrogens is 416 g/mol. The zero-order valence-corrected chi connectivity index (χ0v) is 23.5. The fourth-order valence-electron chi connectivity index (χ4n) is 5.62. The number of rotatable bonds is 12. The summed E-state index contributed by atoms with van der Waals surface area (Å²) in [5.74, 6) is 2.95. The first-order chi connectivity index (χ1) is 15.6. The van der Waals surface area contributed by atoms with Crippen LogP contribution in [0.2, 0.25) is 5.04 Å². The van der Waals surface area contributed by atoms with Crippen molar-refractivity contribution < 1.29 is 4.43 Å². The molecule has 0 amide bonds. The summed E-state index contributed by atoms with van der Waals surface area (Å²) in [6.45, 7) is 19.5. The Labute approximate surface area is 205 Å². The maximum absolute atomic E-state index is 6.98. The molecule has 1 nitrogen and oxygen atoms in total. The monoisotopic (exact) mass is 464 g/mol. The smallest absolute Gasteiger partial charge is 0.261 e. The van der Waals surface area contributed by atoms with Gasteiger partial charge in [-0.05, 0) is 58.3 Å². The van der Waals surface area contributed by atoms with Gasteiger partial charge in [0, 0.05) is 0 Å². The van der Waals surface area contributed by atoms with Crippen LogP contribution in [0, 0.1) is 23.7 Å². The Morgan fingerprint density at radius 2 is 1.21 bits per heavy atom. The summed E-state index contributed by atoms with van der Waals surface area (Å²) in [6, 6.07) is 21.8. The fraction of sp³-hybridized carbons (Fsp3) is 0.548. The summed E-state index contributed by atoms with van der Waals surface area (Å²) < 4.78 is 6.98. The molecule has 0 aromatic heterocycles. The highest BCUT2D eigenvalue weighted by Gasteiger charge is 2.49. The molecule has 2 aromatic rings. The van der Waals surface area contributed by atoms with E-state index in [-0.39, 0.29) is 5.04 Å². The average Bonchev–Trinajstić information content (AvgIpc) is 2.73. The number of allylic oxidation sites excluding steroid dienone is 1. The van der Waals surface area contributed by atoms with Crippen LogP contribution in [0.5, 0.6) is 0 Å². The number of hydrogen-bond donors (Lipinski definition) is 0. The van der Waals surface area contributed by atoms with Gasteiger partial charge in [-0.3, -0.25) is 0 Å². The minimum atomic E-state index is -2.44. The Kier molecular flexibility index (Phi) is 10.6. The molecule has 0 N–H and O–H groups in total. The summed E-state index contributed by atoms with van der Waals surface area (Å²) >= 11 is 0. The van der Waals surface area contributed by atoms with Crippen molar-refractivity contribution in [3.05, 3.63) is 72.8 Å². The highest BCUT2D eigenvalue weighted by atomic mass is 28.4. The van der Waals surface area contributed by atoms with Gasteiger partial charge in [0.25, 0.3) is 8.32 Å². The highest BCUT2D eigenvalue weighted by molar-refractivity contribution is 6.99. The topological polar surface area (TPSA) is 9.23 Å². The van der Waals surface area contributed by atoms with Crippen LogP contribution in [0.1, 0.15) is 74.7 Å². The molecule has 2 rings (SSSR count). The lowest BCUT2D eigenvalue weighted by atomic mass is 9.86. The van der Waals surface area contributed by atoms with E-state index in [2.05, 4.69) is 128 Å². The zero-order chi connectivity index (χ0) is 24.5. The van der Waals surface area contributed by atoms with Crippen LogP contribution in [0.4, 0.5) is 0 Å². The molecule has 182 valence electrons. The van der Waals surface area contributed by atoms with Crippen LogP contribution in [0.25, 0.3) is 0 Å². The number of benzene rings is 2. The van der Waals surface area contributed by atoms with E-state index in [9.17, 15) is 0 Å². The van der Waals surface area contributed by atoms with Crippen LogP contribution in [0.15, 0.2) is 72.8 Å². The van der Waals surface area contributed by atoms with Gasteiger partial charge in [-0.2, -0.15) is 0 Å². The lowest BCUT2D eigenvalue weighted by Crippen LogP contribution is -2.66. The van der Waals surface area contributed by atoms with Gasteiger partial charge in [-0.15, -0.1) is 0 Å². The molecule has 0 spiro atoms. The van der Waals surface area contributed by atoms with E-state index in [4.69, 9.17) is 4.43 Å². The van der Waals surface area contributed by atoms with Crippen molar-refractivity contribution in [3.8, 4) is 0 Å². The van der Waals surface area contributed by atoms with Crippen molar-refractivity contribution in [2.75, 3.05) is 6.61 Å². The zero-order valence-electron chi connectivity index (χ0n) is 22.5. The van der Waals surface area contributed by atoms with Crippen LogP contribution in [-0.2, 0) is 4.43 Å². The Bertz CT molecular complexity index is 780. The molecule has 0 aliphatic carbocycles. The van der Waals surface area contributed by atoms with Crippen LogP contribution >= 0.6 is 0 Å². The molecule has 0 heterocycles. The van der Waals surface area contributed by atoms with Crippen molar-refractivity contribution in [2.24, 2.45) is 23.7 Å². The Morgan fingerprint density at radius 1 is 0.727 bits per heavy atom. The summed E-state index contributed by atoms with van der Waals surface area (Å²) in [4.78, 5) is 0. The third-order valence-electron chi connectivity index (χ3n) is 6.73. The standard InChI is InChI=1S/C31H48OSi/c1-25(2)22-27(4)24-28(5)23-26(3)16-15-21-32-33(31(6,7)8,29-17-11-9-12-18-29)30-19-13-10-14-20-30/h9-20,25-28H,21-24H2,1-8H3/b16-15+/t26-,27+,28-/m1/s1. The second kappa shape index (κ2) is 12.7. The van der Waals surface area contributed by atoms with Crippen molar-refractivity contribution in [2.45, 2.75) is 79.7 Å². The minimum Gasteiger partial charge on any atom is -0.404 e. The molecule has 0 saturated heterocycles. The lowest BCUT2D eigenvalue weighted by Gasteiger charge is -2.42. The maximum atomic E-state index is 6.98. The average molecular weight is 465 g/mol. The summed E-state index contributed by atoms with van der Waals surface area (Å²) in [5, 5.41) is 2.71. The van der Waals surface area contributed by atoms with E-state index in [1.807, 2.05) is 0 Å². The quantitative estimate of drug-likeness (QED) is 0.229. The van der Waals surface area contributed by atoms with E-state index in [0.717, 1.165) is 17.8 Å². The summed E-state index contributed by atoms with van der Waals surface area (Å²) in [6.07, 6.45) is 8.56. The molecule has 3 atom stereocenters. The first-order valence-corrected chi connectivity index (χ1v) is 14.9. The van der Waals surface area contributed by atoms with Gasteiger partial charge >= 0.3 is 0 Å². The Balaban J connectivity index is 2.12. The molecule has 33 heavy (non-hydrogen) atoms. The van der Waals surface area contributed by atoms with Crippen LogP contribution in [0.3, 0.4) is 0 Å². The van der Waals surface area contributed by atoms with E-state index >= 15 is 0 Å². The predicted molar refractivity (Wildman–Crippen MR) is 149 cm³/mol. The van der Waals surface area contributed by atoms with E-state index < -0.39 is 8.32 Å². The van der Waals surface area contributed by atoms with E-state index in [1.165, 1.54) is 29.6 Å². The largest absolute Gasteiger partial charge is 0.404 e. The molecule has 0 aliphatic heterocycles. The van der Waals surface area contributed by atoms with Crippen LogP contribution in [-0.4, -0.2) is 14.9 Å². The van der Waals surface area contributed by atoms with E-state index in [1.54, 1.807) is 0 Å². The number of hydrogen-bond acceptors (Lipinski definition) is 1. The highest BCUT2D eigenvalue weighted by Crippen LogP contribution is 2.36. The first kappa shape index (κ1) is 27.6. The van der Waals surface area contributed by atoms with Gasteiger partial charge < -0.3 is 4.43 Å². The first-order valence-electron chi connectivity index (χ1n) is 13.0. The third-order valence-corrected chi connectivity index (χ3v) is 11.7.